The van der Waals surface area contributed by atoms with Crippen molar-refractivity contribution >= 4 is 16.7 Å². The number of imidazole rings is 1. The fourth-order valence-corrected chi connectivity index (χ4v) is 4.79. The van der Waals surface area contributed by atoms with Gasteiger partial charge in [-0.1, -0.05) is 38.3 Å². The Morgan fingerprint density at radius 2 is 1.92 bits per heavy atom. The van der Waals surface area contributed by atoms with E-state index >= 15 is 0 Å². The highest BCUT2D eigenvalue weighted by Crippen LogP contribution is 2.50. The molecule has 1 atom stereocenters. The summed E-state index contributed by atoms with van der Waals surface area (Å²) in [5, 5.41) is 3.86. The van der Waals surface area contributed by atoms with E-state index in [0.29, 0.717) is 0 Å². The molecule has 1 aromatic heterocycles. The predicted octanol–water partition coefficient (Wildman–Crippen LogP) is 5.61. The van der Waals surface area contributed by atoms with Crippen molar-refractivity contribution in [2.75, 3.05) is 12.4 Å². The van der Waals surface area contributed by atoms with Crippen molar-refractivity contribution in [2.24, 2.45) is 5.41 Å². The molecule has 26 heavy (non-hydrogen) atoms. The van der Waals surface area contributed by atoms with Crippen LogP contribution in [0.25, 0.3) is 22.4 Å². The lowest BCUT2D eigenvalue weighted by Crippen LogP contribution is -2.39. The summed E-state index contributed by atoms with van der Waals surface area (Å²) in [7, 11) is 1.72. The molecule has 0 spiro atoms. The first kappa shape index (κ1) is 15.7. The molecule has 0 amide bonds. The number of anilines is 1. The summed E-state index contributed by atoms with van der Waals surface area (Å²) >= 11 is 0. The van der Waals surface area contributed by atoms with Gasteiger partial charge in [-0.25, -0.2) is 4.98 Å². The lowest BCUT2D eigenvalue weighted by Gasteiger charge is -2.45. The van der Waals surface area contributed by atoms with Gasteiger partial charge in [-0.05, 0) is 37.1 Å². The van der Waals surface area contributed by atoms with Gasteiger partial charge >= 0.3 is 0 Å². The van der Waals surface area contributed by atoms with Crippen LogP contribution in [0.5, 0.6) is 5.75 Å². The number of nitrogens with zero attached hydrogens (tertiary/aromatic N) is 2. The number of para-hydroxylation sites is 2. The molecular formula is C22H25N3O. The summed E-state index contributed by atoms with van der Waals surface area (Å²) in [6.45, 7) is 2.44. The minimum atomic E-state index is 0.213. The molecular weight excluding hydrogens is 322 g/mol. The molecule has 1 fully saturated rings. The van der Waals surface area contributed by atoms with Gasteiger partial charge in [0, 0.05) is 17.0 Å². The molecule has 5 rings (SSSR count). The molecule has 0 bridgehead atoms. The second-order valence-electron chi connectivity index (χ2n) is 7.97. The van der Waals surface area contributed by atoms with Crippen molar-refractivity contribution < 1.29 is 4.74 Å². The van der Waals surface area contributed by atoms with Gasteiger partial charge in [-0.2, -0.15) is 0 Å². The second kappa shape index (κ2) is 5.76. The average molecular weight is 347 g/mol. The van der Waals surface area contributed by atoms with Crippen molar-refractivity contribution in [3.8, 4) is 17.1 Å². The molecule has 4 nitrogen and oxygen atoms in total. The maximum absolute atomic E-state index is 5.47. The SMILES string of the molecule is COc1ccc2c(c1)NC(C1(C)CCCCC1)n1c-2nc2ccccc21. The fraction of sp³-hybridized carbons (Fsp3) is 0.409. The molecule has 1 saturated carbocycles. The minimum Gasteiger partial charge on any atom is -0.497 e. The van der Waals surface area contributed by atoms with Crippen LogP contribution in [0.15, 0.2) is 42.5 Å². The number of methoxy groups -OCH3 is 1. The van der Waals surface area contributed by atoms with E-state index in [1.165, 1.54) is 37.6 Å². The zero-order valence-electron chi connectivity index (χ0n) is 15.5. The molecule has 134 valence electrons. The first-order chi connectivity index (χ1) is 12.7. The Bertz CT molecular complexity index is 969. The van der Waals surface area contributed by atoms with Crippen molar-refractivity contribution in [3.05, 3.63) is 42.5 Å². The van der Waals surface area contributed by atoms with E-state index in [-0.39, 0.29) is 11.6 Å². The van der Waals surface area contributed by atoms with Crippen LogP contribution in [-0.2, 0) is 0 Å². The predicted molar refractivity (Wildman–Crippen MR) is 106 cm³/mol. The molecule has 2 aliphatic rings. The zero-order chi connectivity index (χ0) is 17.7. The highest BCUT2D eigenvalue weighted by atomic mass is 16.5. The average Bonchev–Trinajstić information content (AvgIpc) is 3.07. The van der Waals surface area contributed by atoms with Crippen LogP contribution in [-0.4, -0.2) is 16.7 Å². The quantitative estimate of drug-likeness (QED) is 0.655. The first-order valence-electron chi connectivity index (χ1n) is 9.61. The van der Waals surface area contributed by atoms with Crippen LogP contribution < -0.4 is 10.1 Å². The smallest absolute Gasteiger partial charge is 0.144 e. The maximum Gasteiger partial charge on any atom is 0.144 e. The van der Waals surface area contributed by atoms with Gasteiger partial charge in [0.05, 0.1) is 23.8 Å². The Morgan fingerprint density at radius 3 is 2.73 bits per heavy atom. The molecule has 1 unspecified atom stereocenters. The Balaban J connectivity index is 1.75. The standard InChI is InChI=1S/C22H25N3O/c1-22(12-6-3-7-13-22)21-24-18-14-15(26-2)10-11-16(18)20-23-17-8-4-5-9-19(17)25(20)21/h4-5,8-11,14,21,24H,3,6-7,12-13H2,1-2H3. The van der Waals surface area contributed by atoms with Gasteiger partial charge in [-0.3, -0.25) is 0 Å². The summed E-state index contributed by atoms with van der Waals surface area (Å²) in [4.78, 5) is 5.01. The zero-order valence-corrected chi connectivity index (χ0v) is 15.5. The fourth-order valence-electron chi connectivity index (χ4n) is 4.79. The van der Waals surface area contributed by atoms with Gasteiger partial charge in [0.1, 0.15) is 17.7 Å². The van der Waals surface area contributed by atoms with Crippen LogP contribution in [0, 0.1) is 5.41 Å². The van der Waals surface area contributed by atoms with Gasteiger partial charge < -0.3 is 14.6 Å². The van der Waals surface area contributed by atoms with Crippen molar-refractivity contribution in [3.63, 3.8) is 0 Å². The molecule has 2 heterocycles. The maximum atomic E-state index is 5.47. The number of nitrogens with one attached hydrogen (secondary N) is 1. The highest BCUT2D eigenvalue weighted by Gasteiger charge is 2.41. The minimum absolute atomic E-state index is 0.213. The first-order valence-corrected chi connectivity index (χ1v) is 9.61. The third-order valence-corrected chi connectivity index (χ3v) is 6.27. The Labute approximate surface area is 154 Å². The summed E-state index contributed by atoms with van der Waals surface area (Å²) in [5.41, 5.74) is 4.78. The Hall–Kier alpha value is -2.49. The van der Waals surface area contributed by atoms with Crippen molar-refractivity contribution in [1.82, 2.24) is 9.55 Å². The van der Waals surface area contributed by atoms with Crippen molar-refractivity contribution in [2.45, 2.75) is 45.2 Å². The number of aromatic nitrogens is 2. The number of hydrogen-bond acceptors (Lipinski definition) is 3. The van der Waals surface area contributed by atoms with E-state index in [0.717, 1.165) is 28.3 Å². The van der Waals surface area contributed by atoms with E-state index in [1.54, 1.807) is 7.11 Å². The lowest BCUT2D eigenvalue weighted by molar-refractivity contribution is 0.143. The molecule has 0 saturated heterocycles. The third-order valence-electron chi connectivity index (χ3n) is 6.27. The van der Waals surface area contributed by atoms with Gasteiger partial charge in [0.25, 0.3) is 0 Å². The van der Waals surface area contributed by atoms with Gasteiger partial charge in [-0.15, -0.1) is 0 Å². The Kier molecular flexibility index (Phi) is 3.49. The van der Waals surface area contributed by atoms with Gasteiger partial charge in [0.15, 0.2) is 0 Å². The molecule has 4 heteroatoms. The Morgan fingerprint density at radius 1 is 1.12 bits per heavy atom. The van der Waals surface area contributed by atoms with Crippen LogP contribution in [0.4, 0.5) is 5.69 Å². The highest BCUT2D eigenvalue weighted by molar-refractivity contribution is 5.86. The molecule has 1 N–H and O–H groups in total. The lowest BCUT2D eigenvalue weighted by atomic mass is 9.72. The summed E-state index contributed by atoms with van der Waals surface area (Å²) in [6, 6.07) is 14.7. The number of hydrogen-bond donors (Lipinski definition) is 1. The number of benzene rings is 2. The molecule has 1 aliphatic carbocycles. The van der Waals surface area contributed by atoms with Crippen LogP contribution >= 0.6 is 0 Å². The molecule has 0 radical (unpaired) electrons. The largest absolute Gasteiger partial charge is 0.497 e. The van der Waals surface area contributed by atoms with Crippen molar-refractivity contribution in [1.29, 1.82) is 0 Å². The monoisotopic (exact) mass is 347 g/mol. The summed E-state index contributed by atoms with van der Waals surface area (Å²) < 4.78 is 7.91. The third kappa shape index (κ3) is 2.24. The second-order valence-corrected chi connectivity index (χ2v) is 7.97. The van der Waals surface area contributed by atoms with Crippen LogP contribution in [0.1, 0.15) is 45.2 Å². The normalized spacial score (nSPS) is 20.9. The number of fused-ring (bicyclic) bond motifs is 5. The summed E-state index contributed by atoms with van der Waals surface area (Å²) in [6.07, 6.45) is 6.67. The number of ether oxygens (including phenoxy) is 1. The molecule has 2 aromatic carbocycles. The van der Waals surface area contributed by atoms with Gasteiger partial charge in [0.2, 0.25) is 0 Å². The summed E-state index contributed by atoms with van der Waals surface area (Å²) in [5.74, 6) is 1.95. The van der Waals surface area contributed by atoms with E-state index < -0.39 is 0 Å². The topological polar surface area (TPSA) is 39.1 Å². The van der Waals surface area contributed by atoms with E-state index in [2.05, 4.69) is 53.2 Å². The van der Waals surface area contributed by atoms with Crippen LogP contribution in [0.2, 0.25) is 0 Å². The molecule has 3 aromatic rings. The number of rotatable bonds is 2. The van der Waals surface area contributed by atoms with E-state index in [1.807, 2.05) is 6.07 Å². The van der Waals surface area contributed by atoms with Crippen LogP contribution in [0.3, 0.4) is 0 Å². The van der Waals surface area contributed by atoms with E-state index in [9.17, 15) is 0 Å². The van der Waals surface area contributed by atoms with E-state index in [4.69, 9.17) is 9.72 Å². The molecule has 1 aliphatic heterocycles.